The monoisotopic (exact) mass is 238 g/mol. The molecule has 0 aromatic heterocycles. The van der Waals surface area contributed by atoms with Gasteiger partial charge in [0.05, 0.1) is 0 Å². The second kappa shape index (κ2) is 4.89. The van der Waals surface area contributed by atoms with Crippen molar-refractivity contribution in [1.29, 1.82) is 0 Å². The summed E-state index contributed by atoms with van der Waals surface area (Å²) in [6.45, 7) is 11.5. The molecule has 100 valence electrons. The van der Waals surface area contributed by atoms with Gasteiger partial charge in [-0.15, -0.1) is 0 Å². The van der Waals surface area contributed by atoms with Gasteiger partial charge in [-0.1, -0.05) is 27.7 Å². The van der Waals surface area contributed by atoms with E-state index in [1.165, 1.54) is 32.2 Å². The minimum Gasteiger partial charge on any atom is -0.329 e. The molecule has 0 aromatic carbocycles. The summed E-state index contributed by atoms with van der Waals surface area (Å²) in [6, 6.07) is 0.856. The molecule has 0 spiro atoms. The van der Waals surface area contributed by atoms with E-state index in [0.29, 0.717) is 5.54 Å². The van der Waals surface area contributed by atoms with E-state index in [0.717, 1.165) is 30.3 Å². The summed E-state index contributed by atoms with van der Waals surface area (Å²) in [5, 5.41) is 0. The van der Waals surface area contributed by atoms with Crippen LogP contribution < -0.4 is 5.73 Å². The molecule has 2 rings (SSSR count). The molecule has 2 nitrogen and oxygen atoms in total. The van der Waals surface area contributed by atoms with Crippen molar-refractivity contribution in [2.24, 2.45) is 23.5 Å². The first-order valence-corrected chi connectivity index (χ1v) is 7.45. The Labute approximate surface area is 107 Å². The van der Waals surface area contributed by atoms with Crippen LogP contribution in [0.3, 0.4) is 0 Å². The van der Waals surface area contributed by atoms with Crippen molar-refractivity contribution >= 4 is 0 Å². The molecule has 0 aliphatic heterocycles. The van der Waals surface area contributed by atoms with Crippen LogP contribution in [0, 0.1) is 17.8 Å². The lowest BCUT2D eigenvalue weighted by Gasteiger charge is -2.56. The zero-order valence-corrected chi connectivity index (χ0v) is 12.1. The lowest BCUT2D eigenvalue weighted by molar-refractivity contribution is -0.0463. The highest BCUT2D eigenvalue weighted by atomic mass is 15.3. The Balaban J connectivity index is 2.00. The fourth-order valence-electron chi connectivity index (χ4n) is 3.42. The van der Waals surface area contributed by atoms with Crippen molar-refractivity contribution < 1.29 is 0 Å². The summed E-state index contributed by atoms with van der Waals surface area (Å²) < 4.78 is 0. The Bertz CT molecular complexity index is 250. The maximum atomic E-state index is 6.13. The van der Waals surface area contributed by atoms with Crippen LogP contribution in [0.1, 0.15) is 53.4 Å². The molecule has 2 heteroatoms. The Morgan fingerprint density at radius 3 is 2.12 bits per heavy atom. The van der Waals surface area contributed by atoms with E-state index >= 15 is 0 Å². The summed E-state index contributed by atoms with van der Waals surface area (Å²) in [6.07, 6.45) is 5.48. The van der Waals surface area contributed by atoms with Crippen LogP contribution in [0.4, 0.5) is 0 Å². The highest BCUT2D eigenvalue weighted by Crippen LogP contribution is 2.49. The Hall–Kier alpha value is -0.0800. The van der Waals surface area contributed by atoms with E-state index in [9.17, 15) is 0 Å². The molecule has 0 atom stereocenters. The van der Waals surface area contributed by atoms with Gasteiger partial charge >= 0.3 is 0 Å². The molecule has 17 heavy (non-hydrogen) atoms. The lowest BCUT2D eigenvalue weighted by atomic mass is 9.63. The standard InChI is InChI=1S/C15H30N2/c1-11(2)9-17(14-5-6-14)15(10-16)7-13(8-15)12(3)4/h11-14H,5-10,16H2,1-4H3. The summed E-state index contributed by atoms with van der Waals surface area (Å²) in [5.74, 6) is 2.50. The largest absolute Gasteiger partial charge is 0.329 e. The minimum atomic E-state index is 0.361. The van der Waals surface area contributed by atoms with Crippen LogP contribution in [0.2, 0.25) is 0 Å². The van der Waals surface area contributed by atoms with Gasteiger partial charge in [-0.2, -0.15) is 0 Å². The van der Waals surface area contributed by atoms with Crippen LogP contribution in [-0.4, -0.2) is 29.6 Å². The molecule has 0 amide bonds. The van der Waals surface area contributed by atoms with E-state index in [1.54, 1.807) is 0 Å². The quantitative estimate of drug-likeness (QED) is 0.771. The van der Waals surface area contributed by atoms with Gasteiger partial charge in [0.25, 0.3) is 0 Å². The molecular weight excluding hydrogens is 208 g/mol. The van der Waals surface area contributed by atoms with Crippen molar-refractivity contribution in [3.05, 3.63) is 0 Å². The van der Waals surface area contributed by atoms with Crippen molar-refractivity contribution in [1.82, 2.24) is 4.90 Å². The molecule has 0 radical (unpaired) electrons. The second-order valence-corrected chi connectivity index (χ2v) is 7.12. The number of nitrogens with two attached hydrogens (primary N) is 1. The predicted octanol–water partition coefficient (Wildman–Crippen LogP) is 2.87. The first kappa shape index (κ1) is 13.4. The molecule has 0 bridgehead atoms. The first-order valence-electron chi connectivity index (χ1n) is 7.45. The predicted molar refractivity (Wildman–Crippen MR) is 73.9 cm³/mol. The molecule has 2 N–H and O–H groups in total. The van der Waals surface area contributed by atoms with Gasteiger partial charge in [0.2, 0.25) is 0 Å². The van der Waals surface area contributed by atoms with Crippen molar-refractivity contribution in [2.45, 2.75) is 65.0 Å². The Morgan fingerprint density at radius 2 is 1.76 bits per heavy atom. The summed E-state index contributed by atoms with van der Waals surface area (Å²) >= 11 is 0. The maximum absolute atomic E-state index is 6.13. The fourth-order valence-corrected chi connectivity index (χ4v) is 3.42. The third kappa shape index (κ3) is 2.68. The summed E-state index contributed by atoms with van der Waals surface area (Å²) in [7, 11) is 0. The Morgan fingerprint density at radius 1 is 1.18 bits per heavy atom. The van der Waals surface area contributed by atoms with E-state index in [4.69, 9.17) is 5.73 Å². The number of hydrogen-bond acceptors (Lipinski definition) is 2. The first-order chi connectivity index (χ1) is 7.98. The number of nitrogens with zero attached hydrogens (tertiary/aromatic N) is 1. The highest BCUT2D eigenvalue weighted by Gasteiger charge is 2.51. The van der Waals surface area contributed by atoms with E-state index in [-0.39, 0.29) is 0 Å². The van der Waals surface area contributed by atoms with E-state index < -0.39 is 0 Å². The van der Waals surface area contributed by atoms with Crippen molar-refractivity contribution in [2.75, 3.05) is 13.1 Å². The smallest absolute Gasteiger partial charge is 0.0340 e. The molecule has 2 saturated carbocycles. The summed E-state index contributed by atoms with van der Waals surface area (Å²) in [5.41, 5.74) is 6.49. The zero-order valence-electron chi connectivity index (χ0n) is 12.1. The molecule has 2 aliphatic carbocycles. The van der Waals surface area contributed by atoms with Crippen molar-refractivity contribution in [3.63, 3.8) is 0 Å². The van der Waals surface area contributed by atoms with Crippen LogP contribution in [0.15, 0.2) is 0 Å². The average molecular weight is 238 g/mol. The normalized spacial score (nSPS) is 33.5. The molecule has 0 aromatic rings. The van der Waals surface area contributed by atoms with Crippen LogP contribution in [0.25, 0.3) is 0 Å². The summed E-state index contributed by atoms with van der Waals surface area (Å²) in [4.78, 5) is 2.77. The topological polar surface area (TPSA) is 29.3 Å². The van der Waals surface area contributed by atoms with Gasteiger partial charge in [0.1, 0.15) is 0 Å². The van der Waals surface area contributed by atoms with Gasteiger partial charge < -0.3 is 5.73 Å². The SMILES string of the molecule is CC(C)CN(C1CC1)C1(CN)CC(C(C)C)C1. The highest BCUT2D eigenvalue weighted by molar-refractivity contribution is 5.08. The van der Waals surface area contributed by atoms with E-state index in [2.05, 4.69) is 32.6 Å². The third-order valence-corrected chi connectivity index (χ3v) is 4.77. The molecule has 0 heterocycles. The van der Waals surface area contributed by atoms with E-state index in [1.807, 2.05) is 0 Å². The van der Waals surface area contributed by atoms with Gasteiger partial charge in [-0.3, -0.25) is 4.90 Å². The van der Waals surface area contributed by atoms with Crippen molar-refractivity contribution in [3.8, 4) is 0 Å². The number of hydrogen-bond donors (Lipinski definition) is 1. The number of rotatable bonds is 6. The molecular formula is C15H30N2. The third-order valence-electron chi connectivity index (χ3n) is 4.77. The van der Waals surface area contributed by atoms with Crippen LogP contribution in [-0.2, 0) is 0 Å². The molecule has 0 saturated heterocycles. The molecule has 0 unspecified atom stereocenters. The average Bonchev–Trinajstić information content (AvgIpc) is 2.97. The maximum Gasteiger partial charge on any atom is 0.0340 e. The molecule has 2 aliphatic rings. The second-order valence-electron chi connectivity index (χ2n) is 7.12. The fraction of sp³-hybridized carbons (Fsp3) is 1.00. The van der Waals surface area contributed by atoms with Crippen LogP contribution >= 0.6 is 0 Å². The van der Waals surface area contributed by atoms with Gasteiger partial charge in [0, 0.05) is 24.7 Å². The zero-order chi connectivity index (χ0) is 12.6. The van der Waals surface area contributed by atoms with Crippen LogP contribution in [0.5, 0.6) is 0 Å². The minimum absolute atomic E-state index is 0.361. The van der Waals surface area contributed by atoms with Gasteiger partial charge in [-0.05, 0) is 43.4 Å². The van der Waals surface area contributed by atoms with Gasteiger partial charge in [-0.25, -0.2) is 0 Å². The van der Waals surface area contributed by atoms with Gasteiger partial charge in [0.15, 0.2) is 0 Å². The molecule has 2 fully saturated rings. The lowest BCUT2D eigenvalue weighted by Crippen LogP contribution is -2.63. The Kier molecular flexibility index (Phi) is 3.84.